The first-order valence-electron chi connectivity index (χ1n) is 5.52. The largest absolute Gasteiger partial charge is 0.370 e. The van der Waals surface area contributed by atoms with Gasteiger partial charge >= 0.3 is 0 Å². The van der Waals surface area contributed by atoms with Gasteiger partial charge in [0.1, 0.15) is 0 Å². The monoisotopic (exact) mass is 235 g/mol. The summed E-state index contributed by atoms with van der Waals surface area (Å²) in [5.41, 5.74) is 5.98. The molecule has 0 saturated carbocycles. The lowest BCUT2D eigenvalue weighted by Gasteiger charge is -2.10. The molecule has 0 aliphatic heterocycles. The van der Waals surface area contributed by atoms with Crippen LogP contribution in [0.2, 0.25) is 0 Å². The van der Waals surface area contributed by atoms with E-state index in [2.05, 4.69) is 10.3 Å². The number of carbonyl (C=O) groups excluding carboxylic acids is 2. The third-order valence-electron chi connectivity index (χ3n) is 2.31. The maximum absolute atomic E-state index is 11.6. The number of hydrogen-bond donors (Lipinski definition) is 2. The van der Waals surface area contributed by atoms with Gasteiger partial charge in [0, 0.05) is 25.4 Å². The van der Waals surface area contributed by atoms with Crippen molar-refractivity contribution in [1.82, 2.24) is 10.3 Å². The Morgan fingerprint density at radius 3 is 2.65 bits per heavy atom. The summed E-state index contributed by atoms with van der Waals surface area (Å²) in [5.74, 6) is -0.345. The first kappa shape index (κ1) is 13.2. The molecule has 0 radical (unpaired) electrons. The number of hydrogen-bond acceptors (Lipinski definition) is 3. The van der Waals surface area contributed by atoms with E-state index in [-0.39, 0.29) is 24.2 Å². The Kier molecular flexibility index (Phi) is 5.13. The quantitative estimate of drug-likeness (QED) is 0.741. The average molecular weight is 235 g/mol. The van der Waals surface area contributed by atoms with Gasteiger partial charge in [-0.1, -0.05) is 6.92 Å². The van der Waals surface area contributed by atoms with Crippen molar-refractivity contribution in [3.05, 3.63) is 30.1 Å². The van der Waals surface area contributed by atoms with E-state index in [1.165, 1.54) is 0 Å². The summed E-state index contributed by atoms with van der Waals surface area (Å²) < 4.78 is 0. The highest BCUT2D eigenvalue weighted by atomic mass is 16.2. The summed E-state index contributed by atoms with van der Waals surface area (Å²) >= 11 is 0. The van der Waals surface area contributed by atoms with Gasteiger partial charge in [-0.15, -0.1) is 0 Å². The van der Waals surface area contributed by atoms with Gasteiger partial charge in [0.2, 0.25) is 11.8 Å². The molecule has 0 fully saturated rings. The molecule has 0 unspecified atom stereocenters. The maximum atomic E-state index is 11.6. The smallest absolute Gasteiger partial charge is 0.224 e. The molecule has 0 aliphatic rings. The van der Waals surface area contributed by atoms with Crippen molar-refractivity contribution in [1.29, 1.82) is 0 Å². The van der Waals surface area contributed by atoms with Crippen LogP contribution in [0.1, 0.15) is 18.9 Å². The minimum Gasteiger partial charge on any atom is -0.370 e. The van der Waals surface area contributed by atoms with Gasteiger partial charge < -0.3 is 11.1 Å². The van der Waals surface area contributed by atoms with E-state index in [0.717, 1.165) is 5.56 Å². The summed E-state index contributed by atoms with van der Waals surface area (Å²) in [4.78, 5) is 26.1. The number of nitrogens with one attached hydrogen (secondary N) is 1. The van der Waals surface area contributed by atoms with E-state index >= 15 is 0 Å². The van der Waals surface area contributed by atoms with Crippen LogP contribution < -0.4 is 11.1 Å². The van der Waals surface area contributed by atoms with Crippen molar-refractivity contribution in [3.63, 3.8) is 0 Å². The van der Waals surface area contributed by atoms with Gasteiger partial charge in [-0.25, -0.2) is 0 Å². The van der Waals surface area contributed by atoms with Crippen LogP contribution in [0.15, 0.2) is 24.5 Å². The van der Waals surface area contributed by atoms with Crippen LogP contribution in [0, 0.1) is 5.92 Å². The highest BCUT2D eigenvalue weighted by Crippen LogP contribution is 2.00. The zero-order valence-corrected chi connectivity index (χ0v) is 9.85. The predicted octanol–water partition coefficient (Wildman–Crippen LogP) is 0.252. The third-order valence-corrected chi connectivity index (χ3v) is 2.31. The Balaban J connectivity index is 2.28. The first-order chi connectivity index (χ1) is 8.08. The molecule has 1 rings (SSSR count). The molecule has 3 N–H and O–H groups in total. The second-order valence-electron chi connectivity index (χ2n) is 4.11. The lowest BCUT2D eigenvalue weighted by Crippen LogP contribution is -2.31. The van der Waals surface area contributed by atoms with E-state index in [1.54, 1.807) is 24.5 Å². The van der Waals surface area contributed by atoms with Gasteiger partial charge in [-0.3, -0.25) is 14.6 Å². The third kappa shape index (κ3) is 5.65. The lowest BCUT2D eigenvalue weighted by atomic mass is 10.1. The number of rotatable bonds is 6. The summed E-state index contributed by atoms with van der Waals surface area (Å²) in [6.45, 7) is 2.34. The Morgan fingerprint density at radius 2 is 2.06 bits per heavy atom. The van der Waals surface area contributed by atoms with Gasteiger partial charge in [0.05, 0.1) is 6.42 Å². The molecule has 1 aromatic heterocycles. The Morgan fingerprint density at radius 1 is 1.41 bits per heavy atom. The van der Waals surface area contributed by atoms with E-state index in [4.69, 9.17) is 5.73 Å². The topological polar surface area (TPSA) is 85.1 Å². The fourth-order valence-corrected chi connectivity index (χ4v) is 1.45. The molecule has 1 heterocycles. The Hall–Kier alpha value is -1.91. The molecule has 0 saturated heterocycles. The maximum Gasteiger partial charge on any atom is 0.224 e. The second-order valence-corrected chi connectivity index (χ2v) is 4.11. The lowest BCUT2D eigenvalue weighted by molar-refractivity contribution is -0.122. The van der Waals surface area contributed by atoms with Gasteiger partial charge in [-0.05, 0) is 23.6 Å². The minimum atomic E-state index is -0.346. The highest BCUT2D eigenvalue weighted by Gasteiger charge is 2.08. The number of nitrogens with two attached hydrogens (primary N) is 1. The van der Waals surface area contributed by atoms with Crippen LogP contribution in [0.4, 0.5) is 0 Å². The SMILES string of the molecule is C[C@H](CNC(=O)Cc1ccncc1)CC(N)=O. The zero-order chi connectivity index (χ0) is 12.7. The normalized spacial score (nSPS) is 11.8. The minimum absolute atomic E-state index is 0.0625. The number of pyridine rings is 1. The van der Waals surface area contributed by atoms with E-state index in [9.17, 15) is 9.59 Å². The number of amides is 2. The van der Waals surface area contributed by atoms with Gasteiger partial charge in [0.25, 0.3) is 0 Å². The van der Waals surface area contributed by atoms with Crippen LogP contribution in [0.25, 0.3) is 0 Å². The van der Waals surface area contributed by atoms with E-state index in [0.29, 0.717) is 13.0 Å². The molecular weight excluding hydrogens is 218 g/mol. The molecule has 1 aromatic rings. The van der Waals surface area contributed by atoms with E-state index < -0.39 is 0 Å². The van der Waals surface area contributed by atoms with Crippen molar-refractivity contribution in [3.8, 4) is 0 Å². The number of carbonyl (C=O) groups is 2. The molecule has 2 amide bonds. The van der Waals surface area contributed by atoms with Crippen molar-refractivity contribution in [2.45, 2.75) is 19.8 Å². The Labute approximate surface area is 100 Å². The molecule has 0 aliphatic carbocycles. The first-order valence-corrected chi connectivity index (χ1v) is 5.52. The summed E-state index contributed by atoms with van der Waals surface area (Å²) in [5, 5.41) is 2.77. The average Bonchev–Trinajstić information content (AvgIpc) is 2.27. The summed E-state index contributed by atoms with van der Waals surface area (Å²) in [6, 6.07) is 3.60. The second kappa shape index (κ2) is 6.62. The van der Waals surface area contributed by atoms with Crippen molar-refractivity contribution >= 4 is 11.8 Å². The van der Waals surface area contributed by atoms with Gasteiger partial charge in [0.15, 0.2) is 0 Å². The molecular formula is C12H17N3O2. The zero-order valence-electron chi connectivity index (χ0n) is 9.85. The predicted molar refractivity (Wildman–Crippen MR) is 63.9 cm³/mol. The molecule has 0 bridgehead atoms. The van der Waals surface area contributed by atoms with Crippen molar-refractivity contribution in [2.24, 2.45) is 11.7 Å². The number of aromatic nitrogens is 1. The summed E-state index contributed by atoms with van der Waals surface area (Å²) in [7, 11) is 0. The van der Waals surface area contributed by atoms with Crippen LogP contribution in [0.5, 0.6) is 0 Å². The highest BCUT2D eigenvalue weighted by molar-refractivity contribution is 5.78. The fourth-order valence-electron chi connectivity index (χ4n) is 1.45. The van der Waals surface area contributed by atoms with Crippen molar-refractivity contribution < 1.29 is 9.59 Å². The van der Waals surface area contributed by atoms with Gasteiger partial charge in [-0.2, -0.15) is 0 Å². The molecule has 5 nitrogen and oxygen atoms in total. The van der Waals surface area contributed by atoms with Crippen LogP contribution >= 0.6 is 0 Å². The standard InChI is InChI=1S/C12H17N3O2/c1-9(6-11(13)16)8-15-12(17)7-10-2-4-14-5-3-10/h2-5,9H,6-8H2,1H3,(H2,13,16)(H,15,17)/t9-/m0/s1. The molecule has 5 heteroatoms. The van der Waals surface area contributed by atoms with Crippen LogP contribution in [-0.2, 0) is 16.0 Å². The van der Waals surface area contributed by atoms with Crippen LogP contribution in [0.3, 0.4) is 0 Å². The van der Waals surface area contributed by atoms with Crippen molar-refractivity contribution in [2.75, 3.05) is 6.54 Å². The summed E-state index contributed by atoms with van der Waals surface area (Å²) in [6.07, 6.45) is 3.91. The molecule has 1 atom stereocenters. The molecule has 17 heavy (non-hydrogen) atoms. The number of primary amides is 1. The fraction of sp³-hybridized carbons (Fsp3) is 0.417. The Bertz CT molecular complexity index is 379. The molecule has 0 aromatic carbocycles. The number of nitrogens with zero attached hydrogens (tertiary/aromatic N) is 1. The molecule has 92 valence electrons. The molecule has 0 spiro atoms. The van der Waals surface area contributed by atoms with E-state index in [1.807, 2.05) is 6.92 Å². The van der Waals surface area contributed by atoms with Crippen LogP contribution in [-0.4, -0.2) is 23.3 Å².